The molecular weight excluding hydrogens is 380 g/mol. The van der Waals surface area contributed by atoms with Gasteiger partial charge in [-0.05, 0) is 62.0 Å². The molecule has 2 aromatic heterocycles. The van der Waals surface area contributed by atoms with E-state index in [2.05, 4.69) is 44.3 Å². The van der Waals surface area contributed by atoms with Gasteiger partial charge in [0.2, 0.25) is 0 Å². The number of rotatable bonds is 5. The average Bonchev–Trinajstić information content (AvgIpc) is 3.19. The second kappa shape index (κ2) is 8.05. The molecule has 5 nitrogen and oxygen atoms in total. The smallest absolute Gasteiger partial charge is 0.258 e. The number of hydrogen-bond acceptors (Lipinski definition) is 4. The topological polar surface area (TPSA) is 58.4 Å². The molecule has 0 aliphatic carbocycles. The maximum atomic E-state index is 13.2. The number of pyridine rings is 1. The van der Waals surface area contributed by atoms with Crippen LogP contribution in [-0.4, -0.2) is 34.4 Å². The van der Waals surface area contributed by atoms with Crippen molar-refractivity contribution in [1.82, 2.24) is 20.0 Å². The van der Waals surface area contributed by atoms with Crippen molar-refractivity contribution in [2.75, 3.05) is 13.1 Å². The van der Waals surface area contributed by atoms with Gasteiger partial charge in [0.25, 0.3) is 5.91 Å². The lowest BCUT2D eigenvalue weighted by atomic mass is 9.86. The van der Waals surface area contributed by atoms with Crippen molar-refractivity contribution >= 4 is 29.4 Å². The Balaban J connectivity index is 1.38. The second-order valence-electron chi connectivity index (χ2n) is 7.71. The van der Waals surface area contributed by atoms with Crippen molar-refractivity contribution in [3.63, 3.8) is 0 Å². The molecule has 1 atom stereocenters. The number of amides is 1. The minimum atomic E-state index is 0.0129. The van der Waals surface area contributed by atoms with E-state index in [9.17, 15) is 4.79 Å². The fourth-order valence-electron chi connectivity index (χ4n) is 4.29. The predicted molar refractivity (Wildman–Crippen MR) is 117 cm³/mol. The Kier molecular flexibility index (Phi) is 5.12. The van der Waals surface area contributed by atoms with Gasteiger partial charge in [-0.15, -0.1) is 0 Å². The molecule has 5 rings (SSSR count). The fraction of sp³-hybridized carbons (Fsp3) is 0.304. The molecule has 2 N–H and O–H groups in total. The molecule has 4 heterocycles. The van der Waals surface area contributed by atoms with Crippen molar-refractivity contribution in [3.05, 3.63) is 70.9 Å². The molecule has 0 spiro atoms. The van der Waals surface area contributed by atoms with Crippen molar-refractivity contribution in [3.8, 4) is 0 Å². The number of nitrogens with zero attached hydrogens (tertiary/aromatic N) is 2. The van der Waals surface area contributed by atoms with Gasteiger partial charge >= 0.3 is 0 Å². The fourth-order valence-corrected chi connectivity index (χ4v) is 5.28. The third-order valence-electron chi connectivity index (χ3n) is 5.81. The average molecular weight is 405 g/mol. The van der Waals surface area contributed by atoms with Crippen LogP contribution in [0.3, 0.4) is 0 Å². The summed E-state index contributed by atoms with van der Waals surface area (Å²) in [5.41, 5.74) is 3.14. The summed E-state index contributed by atoms with van der Waals surface area (Å²) in [5, 5.41) is 7.84. The first-order chi connectivity index (χ1) is 14.3. The summed E-state index contributed by atoms with van der Waals surface area (Å²) < 4.78 is 2.09. The van der Waals surface area contributed by atoms with Crippen molar-refractivity contribution < 1.29 is 4.79 Å². The lowest BCUT2D eigenvalue weighted by Crippen LogP contribution is -2.45. The SMILES string of the molecule is O=C(NC(Cc1ccccc1)C1CCNCC1)C1=Cc2cnc3cccc(n23)S1. The van der Waals surface area contributed by atoms with E-state index in [-0.39, 0.29) is 11.9 Å². The number of nitrogens with one attached hydrogen (secondary N) is 2. The zero-order valence-corrected chi connectivity index (χ0v) is 17.0. The lowest BCUT2D eigenvalue weighted by molar-refractivity contribution is -0.117. The number of hydrogen-bond donors (Lipinski definition) is 2. The van der Waals surface area contributed by atoms with Gasteiger partial charge in [0.15, 0.2) is 0 Å². The quantitative estimate of drug-likeness (QED) is 0.683. The standard InChI is InChI=1S/C23H24N4OS/c28-23(20-14-18-15-25-21-7-4-8-22(29-20)27(18)21)26-19(17-9-11-24-12-10-17)13-16-5-2-1-3-6-16/h1-8,14-15,17,19,24H,9-13H2,(H,26,28). The summed E-state index contributed by atoms with van der Waals surface area (Å²) in [7, 11) is 0. The van der Waals surface area contributed by atoms with Crippen LogP contribution in [0.2, 0.25) is 0 Å². The van der Waals surface area contributed by atoms with Crippen LogP contribution in [0, 0.1) is 5.92 Å². The second-order valence-corrected chi connectivity index (χ2v) is 8.77. The Morgan fingerprint density at radius 1 is 1.17 bits per heavy atom. The first-order valence-corrected chi connectivity index (χ1v) is 11.0. The van der Waals surface area contributed by atoms with E-state index < -0.39 is 0 Å². The van der Waals surface area contributed by atoms with Crippen LogP contribution in [0.15, 0.2) is 64.7 Å². The number of carbonyl (C=O) groups is 1. The molecule has 148 valence electrons. The van der Waals surface area contributed by atoms with Crippen LogP contribution in [0.5, 0.6) is 0 Å². The normalized spacial score (nSPS) is 17.7. The van der Waals surface area contributed by atoms with E-state index in [0.717, 1.165) is 53.6 Å². The molecule has 1 aromatic carbocycles. The molecule has 29 heavy (non-hydrogen) atoms. The monoisotopic (exact) mass is 404 g/mol. The summed E-state index contributed by atoms with van der Waals surface area (Å²) in [5.74, 6) is 0.502. The maximum absolute atomic E-state index is 13.2. The van der Waals surface area contributed by atoms with Crippen LogP contribution in [0.4, 0.5) is 0 Å². The summed E-state index contributed by atoms with van der Waals surface area (Å²) in [6.45, 7) is 2.04. The Morgan fingerprint density at radius 2 is 2.00 bits per heavy atom. The van der Waals surface area contributed by atoms with Gasteiger partial charge in [-0.3, -0.25) is 9.20 Å². The van der Waals surface area contributed by atoms with Gasteiger partial charge in [-0.2, -0.15) is 0 Å². The highest BCUT2D eigenvalue weighted by Crippen LogP contribution is 2.34. The van der Waals surface area contributed by atoms with E-state index >= 15 is 0 Å². The summed E-state index contributed by atoms with van der Waals surface area (Å²) in [4.78, 5) is 18.4. The van der Waals surface area contributed by atoms with Gasteiger partial charge in [0, 0.05) is 6.04 Å². The molecular formula is C23H24N4OS. The largest absolute Gasteiger partial charge is 0.348 e. The Bertz CT molecular complexity index is 1050. The summed E-state index contributed by atoms with van der Waals surface area (Å²) in [6.07, 6.45) is 6.84. The van der Waals surface area contributed by atoms with Crippen molar-refractivity contribution in [1.29, 1.82) is 0 Å². The van der Waals surface area contributed by atoms with E-state index in [1.165, 1.54) is 17.3 Å². The maximum Gasteiger partial charge on any atom is 0.258 e. The van der Waals surface area contributed by atoms with Gasteiger partial charge in [-0.1, -0.05) is 48.2 Å². The van der Waals surface area contributed by atoms with Gasteiger partial charge in [0.05, 0.1) is 21.8 Å². The highest BCUT2D eigenvalue weighted by Gasteiger charge is 2.28. The van der Waals surface area contributed by atoms with E-state index in [1.54, 1.807) is 0 Å². The lowest BCUT2D eigenvalue weighted by Gasteiger charge is -2.32. The first kappa shape index (κ1) is 18.5. The number of aromatic nitrogens is 2. The van der Waals surface area contributed by atoms with Gasteiger partial charge in [-0.25, -0.2) is 4.98 Å². The number of benzene rings is 1. The van der Waals surface area contributed by atoms with Crippen molar-refractivity contribution in [2.24, 2.45) is 5.92 Å². The van der Waals surface area contributed by atoms with E-state index in [4.69, 9.17) is 0 Å². The minimum Gasteiger partial charge on any atom is -0.348 e. The van der Waals surface area contributed by atoms with Crippen LogP contribution in [-0.2, 0) is 11.2 Å². The highest BCUT2D eigenvalue weighted by molar-refractivity contribution is 8.04. The number of imidazole rings is 1. The third kappa shape index (κ3) is 3.82. The highest BCUT2D eigenvalue weighted by atomic mass is 32.2. The molecule has 1 amide bonds. The minimum absolute atomic E-state index is 0.0129. The van der Waals surface area contributed by atoms with E-state index in [0.29, 0.717) is 5.92 Å². The molecule has 0 radical (unpaired) electrons. The van der Waals surface area contributed by atoms with Gasteiger partial charge in [0.1, 0.15) is 5.65 Å². The molecule has 3 aromatic rings. The predicted octanol–water partition coefficient (Wildman–Crippen LogP) is 3.51. The number of carbonyl (C=O) groups excluding carboxylic acids is 1. The molecule has 1 unspecified atom stereocenters. The molecule has 1 saturated heterocycles. The van der Waals surface area contributed by atoms with Crippen LogP contribution >= 0.6 is 11.8 Å². The third-order valence-corrected chi connectivity index (χ3v) is 6.86. The zero-order chi connectivity index (χ0) is 19.6. The molecule has 6 heteroatoms. The molecule has 2 aliphatic heterocycles. The van der Waals surface area contributed by atoms with Crippen molar-refractivity contribution in [2.45, 2.75) is 30.3 Å². The number of piperidine rings is 1. The number of thioether (sulfide) groups is 1. The molecule has 0 saturated carbocycles. The summed E-state index contributed by atoms with van der Waals surface area (Å²) in [6, 6.07) is 16.6. The Labute approximate surface area is 174 Å². The molecule has 2 aliphatic rings. The van der Waals surface area contributed by atoms with Gasteiger partial charge < -0.3 is 10.6 Å². The Morgan fingerprint density at radius 3 is 2.83 bits per heavy atom. The molecule has 1 fully saturated rings. The first-order valence-electron chi connectivity index (χ1n) is 10.2. The van der Waals surface area contributed by atoms with E-state index in [1.807, 2.05) is 36.5 Å². The van der Waals surface area contributed by atoms with Crippen LogP contribution < -0.4 is 10.6 Å². The van der Waals surface area contributed by atoms with Crippen LogP contribution in [0.25, 0.3) is 11.7 Å². The zero-order valence-electron chi connectivity index (χ0n) is 16.2. The Hall–Kier alpha value is -2.57. The van der Waals surface area contributed by atoms with Crippen LogP contribution in [0.1, 0.15) is 24.1 Å². The molecule has 0 bridgehead atoms. The summed E-state index contributed by atoms with van der Waals surface area (Å²) >= 11 is 1.52.